The summed E-state index contributed by atoms with van der Waals surface area (Å²) in [4.78, 5) is 65.7. The smallest absolute Gasteiger partial charge is 0.408 e. The van der Waals surface area contributed by atoms with E-state index in [4.69, 9.17) is 4.74 Å². The van der Waals surface area contributed by atoms with Crippen LogP contribution in [0.25, 0.3) is 0 Å². The van der Waals surface area contributed by atoms with E-state index in [1.807, 2.05) is 34.6 Å². The molecular weight excluding hydrogens is 464 g/mol. The number of carbonyl (C=O) groups is 5. The fourth-order valence-electron chi connectivity index (χ4n) is 3.92. The predicted molar refractivity (Wildman–Crippen MR) is 137 cm³/mol. The molecule has 0 bridgehead atoms. The lowest BCUT2D eigenvalue weighted by Crippen LogP contribution is -2.59. The molecule has 1 aliphatic heterocycles. The van der Waals surface area contributed by atoms with Gasteiger partial charge in [0.15, 0.2) is 0 Å². The molecule has 3 N–H and O–H groups in total. The first-order chi connectivity index (χ1) is 16.5. The third-order valence-electron chi connectivity index (χ3n) is 5.58. The van der Waals surface area contributed by atoms with E-state index in [1.54, 1.807) is 20.8 Å². The zero-order valence-corrected chi connectivity index (χ0v) is 23.0. The molecule has 1 heterocycles. The van der Waals surface area contributed by atoms with Crippen LogP contribution in [0.4, 0.5) is 4.79 Å². The van der Waals surface area contributed by atoms with E-state index in [1.165, 1.54) is 11.0 Å². The molecule has 10 nitrogen and oxygen atoms in total. The van der Waals surface area contributed by atoms with Crippen molar-refractivity contribution in [3.05, 3.63) is 12.7 Å². The first kappa shape index (κ1) is 31.1. The Morgan fingerprint density at radius 2 is 1.67 bits per heavy atom. The van der Waals surface area contributed by atoms with E-state index in [0.717, 1.165) is 0 Å². The van der Waals surface area contributed by atoms with Crippen molar-refractivity contribution in [2.45, 2.75) is 98.4 Å². The Hall–Kier alpha value is -2.91. The highest BCUT2D eigenvalue weighted by molar-refractivity contribution is 6.38. The topological polar surface area (TPSA) is 134 Å². The van der Waals surface area contributed by atoms with Gasteiger partial charge in [0, 0.05) is 13.1 Å². The van der Waals surface area contributed by atoms with Crippen LogP contribution >= 0.6 is 0 Å². The van der Waals surface area contributed by atoms with Gasteiger partial charge in [0.25, 0.3) is 5.91 Å². The Morgan fingerprint density at radius 3 is 2.17 bits per heavy atom. The first-order valence-electron chi connectivity index (χ1n) is 12.5. The number of rotatable bonds is 10. The third-order valence-corrected chi connectivity index (χ3v) is 5.58. The van der Waals surface area contributed by atoms with Gasteiger partial charge >= 0.3 is 6.09 Å². The number of nitrogens with one attached hydrogen (secondary N) is 3. The van der Waals surface area contributed by atoms with Crippen LogP contribution in [0.15, 0.2) is 12.7 Å². The largest absolute Gasteiger partial charge is 0.444 e. The van der Waals surface area contributed by atoms with Gasteiger partial charge in [-0.25, -0.2) is 4.79 Å². The number of Topliss-reactive ketones (excluding diaryl/α,β-unsaturated/α-hetero) is 1. The number of hydrogen-bond acceptors (Lipinski definition) is 6. The molecule has 0 radical (unpaired) electrons. The van der Waals surface area contributed by atoms with Crippen LogP contribution in [0.2, 0.25) is 0 Å². The highest BCUT2D eigenvalue weighted by atomic mass is 16.6. The van der Waals surface area contributed by atoms with Gasteiger partial charge in [-0.15, -0.1) is 6.58 Å². The highest BCUT2D eigenvalue weighted by Crippen LogP contribution is 2.26. The number of alkyl carbamates (subject to hydrolysis) is 1. The SMILES string of the molecule is C=CCNC(=O)C(=O)C(CC(C)C)NC(=O)[C@@H]1CCCN1C(=O)C(NC(=O)OC(C)(C)C)C(C)(C)C. The second kappa shape index (κ2) is 12.9. The van der Waals surface area contributed by atoms with Gasteiger partial charge in [0.2, 0.25) is 17.6 Å². The lowest BCUT2D eigenvalue weighted by molar-refractivity contribution is -0.144. The van der Waals surface area contributed by atoms with E-state index in [0.29, 0.717) is 19.4 Å². The Morgan fingerprint density at radius 1 is 1.06 bits per heavy atom. The number of carbonyl (C=O) groups excluding carboxylic acids is 5. The van der Waals surface area contributed by atoms with Crippen molar-refractivity contribution in [2.75, 3.05) is 13.1 Å². The molecule has 0 spiro atoms. The number of ether oxygens (including phenoxy) is 1. The maximum atomic E-state index is 13.6. The Bertz CT molecular complexity index is 840. The molecule has 3 atom stereocenters. The van der Waals surface area contributed by atoms with E-state index in [2.05, 4.69) is 22.5 Å². The van der Waals surface area contributed by atoms with Gasteiger partial charge in [-0.1, -0.05) is 40.7 Å². The molecule has 0 aromatic heterocycles. The van der Waals surface area contributed by atoms with Crippen LogP contribution in [-0.2, 0) is 23.9 Å². The van der Waals surface area contributed by atoms with Crippen molar-refractivity contribution >= 4 is 29.6 Å². The molecule has 0 saturated carbocycles. The normalized spacial score (nSPS) is 17.7. The number of amides is 4. The van der Waals surface area contributed by atoms with Gasteiger partial charge < -0.3 is 25.6 Å². The monoisotopic (exact) mass is 508 g/mol. The molecule has 204 valence electrons. The molecule has 2 unspecified atom stereocenters. The van der Waals surface area contributed by atoms with Gasteiger partial charge in [0.05, 0.1) is 6.04 Å². The Balaban J connectivity index is 3.07. The van der Waals surface area contributed by atoms with Crippen molar-refractivity contribution in [1.29, 1.82) is 0 Å². The Kier molecular flexibility index (Phi) is 11.1. The summed E-state index contributed by atoms with van der Waals surface area (Å²) in [5.41, 5.74) is -1.39. The molecule has 10 heteroatoms. The lowest BCUT2D eigenvalue weighted by Gasteiger charge is -2.36. The molecule has 0 aromatic carbocycles. The maximum absolute atomic E-state index is 13.6. The van der Waals surface area contributed by atoms with Gasteiger partial charge in [-0.2, -0.15) is 0 Å². The maximum Gasteiger partial charge on any atom is 0.408 e. The average Bonchev–Trinajstić information content (AvgIpc) is 3.22. The number of nitrogens with zero attached hydrogens (tertiary/aromatic N) is 1. The minimum atomic E-state index is -1.02. The minimum Gasteiger partial charge on any atom is -0.444 e. The predicted octanol–water partition coefficient (Wildman–Crippen LogP) is 2.32. The fourth-order valence-corrected chi connectivity index (χ4v) is 3.92. The zero-order valence-electron chi connectivity index (χ0n) is 23.0. The van der Waals surface area contributed by atoms with Gasteiger partial charge in [-0.3, -0.25) is 19.2 Å². The van der Waals surface area contributed by atoms with Crippen molar-refractivity contribution < 1.29 is 28.7 Å². The number of ketones is 1. The standard InChI is InChI=1S/C26H44N4O6/c1-10-13-27-22(33)19(31)17(15-16(2)3)28-21(32)18-12-11-14-30(18)23(34)20(25(4,5)6)29-24(35)36-26(7,8)9/h10,16-18,20H,1,11-15H2,2-9H3,(H,27,33)(H,28,32)(H,29,35)/t17?,18-,20?/m0/s1. The highest BCUT2D eigenvalue weighted by Gasteiger charge is 2.43. The summed E-state index contributed by atoms with van der Waals surface area (Å²) in [7, 11) is 0. The average molecular weight is 509 g/mol. The number of likely N-dealkylation sites (tertiary alicyclic amines) is 1. The molecule has 0 aliphatic carbocycles. The molecular formula is C26H44N4O6. The fraction of sp³-hybridized carbons (Fsp3) is 0.731. The van der Waals surface area contributed by atoms with E-state index in [9.17, 15) is 24.0 Å². The molecule has 36 heavy (non-hydrogen) atoms. The summed E-state index contributed by atoms with van der Waals surface area (Å²) < 4.78 is 5.34. The van der Waals surface area contributed by atoms with Crippen LogP contribution in [0.5, 0.6) is 0 Å². The van der Waals surface area contributed by atoms with Crippen LogP contribution in [0.3, 0.4) is 0 Å². The summed E-state index contributed by atoms with van der Waals surface area (Å²) >= 11 is 0. The van der Waals surface area contributed by atoms with Crippen LogP contribution in [0.1, 0.15) is 74.7 Å². The third kappa shape index (κ3) is 9.62. The van der Waals surface area contributed by atoms with Gasteiger partial charge in [0.1, 0.15) is 17.7 Å². The summed E-state index contributed by atoms with van der Waals surface area (Å²) in [6.45, 7) is 18.4. The summed E-state index contributed by atoms with van der Waals surface area (Å²) in [6.07, 6.45) is 2.02. The zero-order chi connectivity index (χ0) is 27.8. The van der Waals surface area contributed by atoms with Crippen molar-refractivity contribution in [3.8, 4) is 0 Å². The van der Waals surface area contributed by atoms with Crippen LogP contribution < -0.4 is 16.0 Å². The van der Waals surface area contributed by atoms with E-state index in [-0.39, 0.29) is 18.9 Å². The van der Waals surface area contributed by atoms with Crippen molar-refractivity contribution in [1.82, 2.24) is 20.9 Å². The van der Waals surface area contributed by atoms with E-state index < -0.39 is 58.7 Å². The molecule has 1 fully saturated rings. The summed E-state index contributed by atoms with van der Waals surface area (Å²) in [5.74, 6) is -2.40. The summed E-state index contributed by atoms with van der Waals surface area (Å²) in [5, 5.41) is 7.82. The quantitative estimate of drug-likeness (QED) is 0.306. The van der Waals surface area contributed by atoms with Crippen LogP contribution in [-0.4, -0.2) is 71.3 Å². The molecule has 1 rings (SSSR count). The van der Waals surface area contributed by atoms with Crippen molar-refractivity contribution in [3.63, 3.8) is 0 Å². The van der Waals surface area contributed by atoms with E-state index >= 15 is 0 Å². The molecule has 1 aliphatic rings. The second-order valence-electron chi connectivity index (χ2n) is 11.7. The molecule has 0 aromatic rings. The summed E-state index contributed by atoms with van der Waals surface area (Å²) in [6, 6.07) is -2.77. The molecule has 4 amide bonds. The first-order valence-corrected chi connectivity index (χ1v) is 12.5. The minimum absolute atomic E-state index is 0.0380. The van der Waals surface area contributed by atoms with Crippen LogP contribution in [0, 0.1) is 11.3 Å². The molecule has 1 saturated heterocycles. The van der Waals surface area contributed by atoms with Gasteiger partial charge in [-0.05, 0) is 51.4 Å². The second-order valence-corrected chi connectivity index (χ2v) is 11.7. The van der Waals surface area contributed by atoms with Crippen molar-refractivity contribution in [2.24, 2.45) is 11.3 Å². The Labute approximate surface area is 214 Å². The lowest BCUT2D eigenvalue weighted by atomic mass is 9.85. The number of hydrogen-bond donors (Lipinski definition) is 3.